The van der Waals surface area contributed by atoms with Crippen LogP contribution in [0.1, 0.15) is 52.8 Å². The van der Waals surface area contributed by atoms with Crippen LogP contribution in [0.4, 0.5) is 10.3 Å². The lowest BCUT2D eigenvalue weighted by Gasteiger charge is -2.20. The van der Waals surface area contributed by atoms with E-state index in [2.05, 4.69) is 36.1 Å². The Bertz CT molecular complexity index is 1220. The van der Waals surface area contributed by atoms with Crippen LogP contribution in [0.15, 0.2) is 42.6 Å². The number of hydrogen-bond acceptors (Lipinski definition) is 6. The molecule has 8 nitrogen and oxygen atoms in total. The van der Waals surface area contributed by atoms with Gasteiger partial charge in [0.25, 0.3) is 0 Å². The van der Waals surface area contributed by atoms with Gasteiger partial charge in [0, 0.05) is 30.4 Å². The fourth-order valence-corrected chi connectivity index (χ4v) is 4.00. The summed E-state index contributed by atoms with van der Waals surface area (Å²) in [5.74, 6) is -0.179. The molecule has 2 aromatic heterocycles. The minimum absolute atomic E-state index is 0.0472. The number of halogens is 1. The summed E-state index contributed by atoms with van der Waals surface area (Å²) in [4.78, 5) is 24.8. The number of aliphatic hydroxyl groups is 1. The molecular formula is C27H34FN5O3. The number of aliphatic carboxylic acids is 1. The Labute approximate surface area is 211 Å². The number of benzene rings is 1. The van der Waals surface area contributed by atoms with Gasteiger partial charge in [0.05, 0.1) is 23.9 Å². The third-order valence-corrected chi connectivity index (χ3v) is 5.84. The molecule has 0 amide bonds. The molecule has 0 aliphatic rings. The summed E-state index contributed by atoms with van der Waals surface area (Å²) in [5, 5.41) is 22.1. The quantitative estimate of drug-likeness (QED) is 0.354. The van der Waals surface area contributed by atoms with Crippen molar-refractivity contribution in [2.24, 2.45) is 5.92 Å². The second kappa shape index (κ2) is 11.4. The maximum absolute atomic E-state index is 13.8. The first-order valence-electron chi connectivity index (χ1n) is 12.0. The van der Waals surface area contributed by atoms with E-state index < -0.39 is 12.1 Å². The summed E-state index contributed by atoms with van der Waals surface area (Å²) in [7, 11) is 1.74. The lowest BCUT2D eigenvalue weighted by Crippen LogP contribution is -2.18. The number of hydrogen-bond donors (Lipinski definition) is 3. The smallest absolute Gasteiger partial charge is 0.305 e. The fraction of sp³-hybridized carbons (Fsp3) is 0.407. The molecular weight excluding hydrogens is 461 g/mol. The first-order chi connectivity index (χ1) is 17.0. The monoisotopic (exact) mass is 495 g/mol. The second-order valence-electron chi connectivity index (χ2n) is 9.77. The highest BCUT2D eigenvalue weighted by molar-refractivity contribution is 5.79. The number of allylic oxidation sites excluding steroid dienone is 1. The third-order valence-electron chi connectivity index (χ3n) is 5.84. The van der Waals surface area contributed by atoms with Gasteiger partial charge in [-0.2, -0.15) is 0 Å². The van der Waals surface area contributed by atoms with Gasteiger partial charge in [-0.15, -0.1) is 0 Å². The van der Waals surface area contributed by atoms with Crippen molar-refractivity contribution in [3.05, 3.63) is 54.2 Å². The Morgan fingerprint density at radius 2 is 1.89 bits per heavy atom. The van der Waals surface area contributed by atoms with Gasteiger partial charge in [-0.05, 0) is 49.1 Å². The highest BCUT2D eigenvalue weighted by Crippen LogP contribution is 2.36. The molecule has 9 heteroatoms. The Balaban J connectivity index is 2.19. The number of aliphatic hydroxyl groups excluding tert-OH is 1. The van der Waals surface area contributed by atoms with Crippen molar-refractivity contribution in [1.29, 1.82) is 0 Å². The topological polar surface area (TPSA) is 113 Å². The van der Waals surface area contributed by atoms with Crippen molar-refractivity contribution in [2.45, 2.75) is 58.5 Å². The standard InChI is InChI=1S/C27H34FN5O3/c1-6-17(15-20(34)16-22(35)36)12-14-33-24(18-7-9-19(28)10-8-18)23(32-25(33)27(2,3)4)21-11-13-30-26(29-5)31-21/h7-14,17,20,34H,6,15-16H2,1-5H3,(H,35,36)(H,29,30,31)/b14-12+. The zero-order chi connectivity index (χ0) is 26.5. The molecule has 192 valence electrons. The van der Waals surface area contributed by atoms with Crippen molar-refractivity contribution in [1.82, 2.24) is 19.5 Å². The van der Waals surface area contributed by atoms with Crippen LogP contribution in [-0.2, 0) is 10.2 Å². The van der Waals surface area contributed by atoms with Crippen molar-refractivity contribution in [3.63, 3.8) is 0 Å². The maximum Gasteiger partial charge on any atom is 0.305 e. The number of carboxylic acids is 1. The summed E-state index contributed by atoms with van der Waals surface area (Å²) < 4.78 is 15.8. The van der Waals surface area contributed by atoms with E-state index in [4.69, 9.17) is 10.1 Å². The van der Waals surface area contributed by atoms with Gasteiger partial charge in [0.2, 0.25) is 5.95 Å². The Kier molecular flexibility index (Phi) is 8.57. The number of nitrogens with zero attached hydrogens (tertiary/aromatic N) is 4. The minimum Gasteiger partial charge on any atom is -0.481 e. The number of carboxylic acid groups (broad SMARTS) is 1. The van der Waals surface area contributed by atoms with Crippen LogP contribution < -0.4 is 5.32 Å². The molecule has 2 heterocycles. The molecule has 1 aromatic carbocycles. The average Bonchev–Trinajstić information content (AvgIpc) is 3.22. The van der Waals surface area contributed by atoms with Crippen molar-refractivity contribution >= 4 is 18.1 Å². The molecule has 0 aliphatic heterocycles. The van der Waals surface area contributed by atoms with Gasteiger partial charge in [0.1, 0.15) is 17.3 Å². The molecule has 0 saturated heterocycles. The lowest BCUT2D eigenvalue weighted by atomic mass is 9.95. The molecule has 2 unspecified atom stereocenters. The summed E-state index contributed by atoms with van der Waals surface area (Å²) in [5.41, 5.74) is 2.42. The molecule has 3 N–H and O–H groups in total. The zero-order valence-electron chi connectivity index (χ0n) is 21.4. The maximum atomic E-state index is 13.8. The molecule has 0 aliphatic carbocycles. The first kappa shape index (κ1) is 27.0. The van der Waals surface area contributed by atoms with E-state index in [1.54, 1.807) is 31.4 Å². The van der Waals surface area contributed by atoms with E-state index in [1.807, 2.05) is 23.8 Å². The van der Waals surface area contributed by atoms with Crippen LogP contribution in [0.5, 0.6) is 0 Å². The fourth-order valence-electron chi connectivity index (χ4n) is 4.00. The number of imidazole rings is 1. The van der Waals surface area contributed by atoms with E-state index in [0.29, 0.717) is 23.8 Å². The molecule has 0 fully saturated rings. The number of rotatable bonds is 10. The van der Waals surface area contributed by atoms with Crippen LogP contribution >= 0.6 is 0 Å². The summed E-state index contributed by atoms with van der Waals surface area (Å²) in [6, 6.07) is 8.02. The summed E-state index contributed by atoms with van der Waals surface area (Å²) in [6.45, 7) is 8.17. The average molecular weight is 496 g/mol. The minimum atomic E-state index is -1.03. The zero-order valence-corrected chi connectivity index (χ0v) is 21.4. The molecule has 3 aromatic rings. The largest absolute Gasteiger partial charge is 0.481 e. The first-order valence-corrected chi connectivity index (χ1v) is 12.0. The van der Waals surface area contributed by atoms with Crippen LogP contribution in [0.25, 0.3) is 28.8 Å². The van der Waals surface area contributed by atoms with E-state index >= 15 is 0 Å². The number of anilines is 1. The normalized spacial score (nSPS) is 13.6. The van der Waals surface area contributed by atoms with E-state index in [9.17, 15) is 14.3 Å². The highest BCUT2D eigenvalue weighted by atomic mass is 19.1. The van der Waals surface area contributed by atoms with Gasteiger partial charge in [0.15, 0.2) is 0 Å². The van der Waals surface area contributed by atoms with Gasteiger partial charge in [-0.3, -0.25) is 4.79 Å². The molecule has 0 saturated carbocycles. The van der Waals surface area contributed by atoms with E-state index in [1.165, 1.54) is 12.1 Å². The highest BCUT2D eigenvalue weighted by Gasteiger charge is 2.27. The van der Waals surface area contributed by atoms with Crippen molar-refractivity contribution < 1.29 is 19.4 Å². The lowest BCUT2D eigenvalue weighted by molar-refractivity contribution is -0.139. The van der Waals surface area contributed by atoms with Crippen molar-refractivity contribution in [2.75, 3.05) is 12.4 Å². The Morgan fingerprint density at radius 1 is 1.19 bits per heavy atom. The van der Waals surface area contributed by atoms with E-state index in [0.717, 1.165) is 23.5 Å². The third kappa shape index (κ3) is 6.54. The molecule has 2 atom stereocenters. The summed E-state index contributed by atoms with van der Waals surface area (Å²) in [6.07, 6.45) is 5.36. The number of aromatic nitrogens is 4. The number of nitrogens with one attached hydrogen (secondary N) is 1. The van der Waals surface area contributed by atoms with Gasteiger partial charge in [-0.25, -0.2) is 19.3 Å². The van der Waals surface area contributed by atoms with Gasteiger partial charge < -0.3 is 20.1 Å². The molecule has 0 radical (unpaired) electrons. The Morgan fingerprint density at radius 3 is 2.47 bits per heavy atom. The van der Waals surface area contributed by atoms with E-state index in [-0.39, 0.29) is 23.6 Å². The summed E-state index contributed by atoms with van der Waals surface area (Å²) >= 11 is 0. The van der Waals surface area contributed by atoms with Crippen LogP contribution in [0.2, 0.25) is 0 Å². The predicted octanol–water partition coefficient (Wildman–Crippen LogP) is 5.21. The predicted molar refractivity (Wildman–Crippen MR) is 139 cm³/mol. The number of carbonyl (C=O) groups is 1. The second-order valence-corrected chi connectivity index (χ2v) is 9.77. The van der Waals surface area contributed by atoms with Gasteiger partial charge >= 0.3 is 5.97 Å². The molecule has 0 spiro atoms. The van der Waals surface area contributed by atoms with Gasteiger partial charge in [-0.1, -0.05) is 33.8 Å². The Hall–Kier alpha value is -3.59. The molecule has 0 bridgehead atoms. The van der Waals surface area contributed by atoms with Crippen LogP contribution in [-0.4, -0.2) is 48.9 Å². The SMILES string of the molecule is CCC(/C=C/n1c(C(C)(C)C)nc(-c2ccnc(NC)n2)c1-c1ccc(F)cc1)CC(O)CC(=O)O. The molecule has 3 rings (SSSR count). The van der Waals surface area contributed by atoms with Crippen LogP contribution in [0.3, 0.4) is 0 Å². The van der Waals surface area contributed by atoms with Crippen LogP contribution in [0, 0.1) is 11.7 Å². The molecule has 36 heavy (non-hydrogen) atoms. The van der Waals surface area contributed by atoms with Crippen molar-refractivity contribution in [3.8, 4) is 22.6 Å².